The van der Waals surface area contributed by atoms with E-state index in [0.29, 0.717) is 0 Å². The van der Waals surface area contributed by atoms with Crippen LogP contribution in [0, 0.1) is 4.78 Å². The Morgan fingerprint density at radius 1 is 1.45 bits per heavy atom. The molecule has 0 aliphatic heterocycles. The van der Waals surface area contributed by atoms with Gasteiger partial charge in [-0.15, -0.1) is 0 Å². The highest BCUT2D eigenvalue weighted by Gasteiger charge is 2.17. The van der Waals surface area contributed by atoms with E-state index in [1.165, 1.54) is 10.8 Å². The first-order valence-electron chi connectivity index (χ1n) is 6.25. The Bertz CT molecular complexity index is 1010. The lowest BCUT2D eigenvalue weighted by molar-refractivity contribution is 0.671. The first kappa shape index (κ1) is 14.2. The van der Waals surface area contributed by atoms with Gasteiger partial charge < -0.3 is 10.7 Å². The van der Waals surface area contributed by atoms with Gasteiger partial charge in [0.05, 0.1) is 6.54 Å². The van der Waals surface area contributed by atoms with E-state index in [-0.39, 0.29) is 28.7 Å². The van der Waals surface area contributed by atoms with Crippen LogP contribution in [0.25, 0.3) is 11.2 Å². The summed E-state index contributed by atoms with van der Waals surface area (Å²) >= 11 is 0. The lowest BCUT2D eigenvalue weighted by Gasteiger charge is -2.05. The van der Waals surface area contributed by atoms with Crippen molar-refractivity contribution in [3.63, 3.8) is 0 Å². The van der Waals surface area contributed by atoms with Crippen molar-refractivity contribution in [1.29, 1.82) is 4.78 Å². The molecule has 3 aromatic heterocycles. The number of fused-ring (bicyclic) bond motifs is 1. The van der Waals surface area contributed by atoms with Gasteiger partial charge in [0.2, 0.25) is 5.16 Å². The maximum Gasteiger partial charge on any atom is 0.328 e. The van der Waals surface area contributed by atoms with Crippen molar-refractivity contribution >= 4 is 26.7 Å². The molecule has 1 unspecified atom stereocenters. The quantitative estimate of drug-likeness (QED) is 0.587. The normalized spacial score (nSPS) is 14.0. The van der Waals surface area contributed by atoms with Crippen LogP contribution >= 0.6 is 0 Å². The number of rotatable bonds is 3. The number of hydrogen-bond acceptors (Lipinski definition) is 7. The molecule has 9 nitrogen and oxygen atoms in total. The van der Waals surface area contributed by atoms with E-state index in [1.807, 2.05) is 6.07 Å². The Balaban J connectivity index is 2.24. The van der Waals surface area contributed by atoms with Crippen molar-refractivity contribution in [2.75, 3.05) is 12.0 Å². The average Bonchev–Trinajstić information content (AvgIpc) is 2.77. The molecule has 3 rings (SSSR count). The van der Waals surface area contributed by atoms with Crippen LogP contribution in [0.3, 0.4) is 0 Å². The zero-order valence-electron chi connectivity index (χ0n) is 11.6. The molecule has 0 amide bonds. The van der Waals surface area contributed by atoms with E-state index in [0.717, 1.165) is 5.56 Å². The molecule has 0 aliphatic rings. The van der Waals surface area contributed by atoms with Gasteiger partial charge >= 0.3 is 5.69 Å². The second-order valence-corrected chi connectivity index (χ2v) is 6.86. The fourth-order valence-electron chi connectivity index (χ4n) is 2.03. The molecule has 3 heterocycles. The Morgan fingerprint density at radius 2 is 2.23 bits per heavy atom. The fraction of sp³-hybridized carbons (Fsp3) is 0.167. The molecule has 22 heavy (non-hydrogen) atoms. The first-order valence-corrected chi connectivity index (χ1v) is 8.21. The van der Waals surface area contributed by atoms with Crippen LogP contribution in [0.5, 0.6) is 0 Å². The van der Waals surface area contributed by atoms with Gasteiger partial charge in [-0.3, -0.25) is 9.55 Å². The standard InChI is InChI=1S/C12H13N7O2S/c1-22(14,21)11-17-9(13)8-10(18-11)19(12(20)16-8)6-7-3-2-4-15-5-7/h2-5,14H,6H2,1H3,(H,16,20)(H2,13,17,18). The molecule has 4 N–H and O–H groups in total. The molecule has 114 valence electrons. The molecule has 10 heteroatoms. The minimum Gasteiger partial charge on any atom is -0.382 e. The van der Waals surface area contributed by atoms with Crippen LogP contribution in [0.1, 0.15) is 5.56 Å². The number of anilines is 1. The molecule has 0 bridgehead atoms. The molecular formula is C12H13N7O2S. The molecular weight excluding hydrogens is 306 g/mol. The summed E-state index contributed by atoms with van der Waals surface area (Å²) in [6.07, 6.45) is 4.46. The van der Waals surface area contributed by atoms with Gasteiger partial charge in [0.15, 0.2) is 11.5 Å². The second kappa shape index (κ2) is 4.91. The molecule has 0 spiro atoms. The van der Waals surface area contributed by atoms with Crippen LogP contribution < -0.4 is 11.4 Å². The number of pyridine rings is 1. The van der Waals surface area contributed by atoms with Crippen LogP contribution in [-0.4, -0.2) is 35.0 Å². The third kappa shape index (κ3) is 2.44. The minimum absolute atomic E-state index is 0.0103. The lowest BCUT2D eigenvalue weighted by Crippen LogP contribution is -2.18. The summed E-state index contributed by atoms with van der Waals surface area (Å²) in [5.41, 5.74) is 6.65. The van der Waals surface area contributed by atoms with Gasteiger partial charge in [-0.05, 0) is 11.6 Å². The van der Waals surface area contributed by atoms with Gasteiger partial charge in [-0.25, -0.2) is 18.8 Å². The van der Waals surface area contributed by atoms with E-state index in [2.05, 4.69) is 19.9 Å². The van der Waals surface area contributed by atoms with Gasteiger partial charge in [0.25, 0.3) is 0 Å². The summed E-state index contributed by atoms with van der Waals surface area (Å²) in [5, 5.41) is -0.198. The van der Waals surface area contributed by atoms with Gasteiger partial charge in [0.1, 0.15) is 15.2 Å². The zero-order valence-corrected chi connectivity index (χ0v) is 12.4. The van der Waals surface area contributed by atoms with Crippen molar-refractivity contribution in [3.8, 4) is 0 Å². The van der Waals surface area contributed by atoms with Crippen molar-refractivity contribution in [2.45, 2.75) is 11.7 Å². The Morgan fingerprint density at radius 3 is 2.86 bits per heavy atom. The Labute approximate surface area is 125 Å². The maximum atomic E-state index is 12.1. The van der Waals surface area contributed by atoms with Crippen molar-refractivity contribution < 1.29 is 4.21 Å². The monoisotopic (exact) mass is 319 g/mol. The predicted octanol–water partition coefficient (Wildman–Crippen LogP) is 0.181. The van der Waals surface area contributed by atoms with E-state index in [4.69, 9.17) is 10.5 Å². The van der Waals surface area contributed by atoms with Crippen LogP contribution in [0.2, 0.25) is 0 Å². The molecule has 0 saturated heterocycles. The largest absolute Gasteiger partial charge is 0.382 e. The topological polar surface area (TPSA) is 143 Å². The number of H-pyrrole nitrogens is 1. The molecule has 0 radical (unpaired) electrons. The number of nitrogens with one attached hydrogen (secondary N) is 2. The van der Waals surface area contributed by atoms with Crippen molar-refractivity contribution in [1.82, 2.24) is 24.5 Å². The average molecular weight is 319 g/mol. The van der Waals surface area contributed by atoms with Crippen LogP contribution in [0.4, 0.5) is 5.82 Å². The van der Waals surface area contributed by atoms with Gasteiger partial charge in [-0.2, -0.15) is 4.98 Å². The smallest absolute Gasteiger partial charge is 0.328 e. The molecule has 0 aliphatic carbocycles. The van der Waals surface area contributed by atoms with Crippen molar-refractivity contribution in [2.24, 2.45) is 0 Å². The first-order chi connectivity index (χ1) is 10.4. The number of nitrogens with two attached hydrogens (primary N) is 1. The highest BCUT2D eigenvalue weighted by Crippen LogP contribution is 2.17. The second-order valence-electron chi connectivity index (χ2n) is 4.81. The number of aromatic nitrogens is 5. The van der Waals surface area contributed by atoms with Gasteiger partial charge in [0, 0.05) is 18.6 Å². The molecule has 0 aromatic carbocycles. The number of hydrogen-bond donors (Lipinski definition) is 3. The predicted molar refractivity (Wildman–Crippen MR) is 81.0 cm³/mol. The van der Waals surface area contributed by atoms with E-state index < -0.39 is 15.4 Å². The molecule has 0 fully saturated rings. The number of nitrogen functional groups attached to an aromatic ring is 1. The summed E-state index contributed by atoms with van der Waals surface area (Å²) in [7, 11) is -3.14. The zero-order chi connectivity index (χ0) is 15.9. The van der Waals surface area contributed by atoms with E-state index in [9.17, 15) is 9.00 Å². The number of imidazole rings is 1. The molecule has 3 aromatic rings. The van der Waals surface area contributed by atoms with E-state index in [1.54, 1.807) is 18.5 Å². The summed E-state index contributed by atoms with van der Waals surface area (Å²) in [6.45, 7) is 0.228. The summed E-state index contributed by atoms with van der Waals surface area (Å²) < 4.78 is 20.8. The number of nitrogens with zero attached hydrogens (tertiary/aromatic N) is 4. The Kier molecular flexibility index (Phi) is 3.17. The number of aromatic amines is 1. The third-order valence-electron chi connectivity index (χ3n) is 3.04. The van der Waals surface area contributed by atoms with Gasteiger partial charge in [-0.1, -0.05) is 6.07 Å². The maximum absolute atomic E-state index is 12.1. The molecule has 1 atom stereocenters. The summed E-state index contributed by atoms with van der Waals surface area (Å²) in [5.74, 6) is -0.0103. The van der Waals surface area contributed by atoms with E-state index >= 15 is 0 Å². The SMILES string of the molecule is CS(=N)(=O)c1nc(N)c2[nH]c(=O)n(Cc3cccnc3)c2n1. The minimum atomic E-state index is -3.14. The highest BCUT2D eigenvalue weighted by atomic mass is 32.2. The summed E-state index contributed by atoms with van der Waals surface area (Å²) in [4.78, 5) is 26.6. The lowest BCUT2D eigenvalue weighted by atomic mass is 10.3. The summed E-state index contributed by atoms with van der Waals surface area (Å²) in [6, 6.07) is 3.57. The third-order valence-corrected chi connectivity index (χ3v) is 3.92. The fourth-order valence-corrected chi connectivity index (χ4v) is 2.56. The highest BCUT2D eigenvalue weighted by molar-refractivity contribution is 7.91. The van der Waals surface area contributed by atoms with Crippen molar-refractivity contribution in [3.05, 3.63) is 40.6 Å². The molecule has 0 saturated carbocycles. The Hall–Kier alpha value is -2.75. The van der Waals surface area contributed by atoms with Crippen LogP contribution in [-0.2, 0) is 16.3 Å². The van der Waals surface area contributed by atoms with Crippen LogP contribution in [0.15, 0.2) is 34.5 Å².